The van der Waals surface area contributed by atoms with E-state index in [0.717, 1.165) is 21.4 Å². The minimum Gasteiger partial charge on any atom is -0.445 e. The zero-order valence-corrected chi connectivity index (χ0v) is 14.4. The fourth-order valence-electron chi connectivity index (χ4n) is 2.33. The van der Waals surface area contributed by atoms with Crippen LogP contribution >= 0.6 is 27.7 Å². The van der Waals surface area contributed by atoms with E-state index in [1.807, 2.05) is 36.4 Å². The van der Waals surface area contributed by atoms with E-state index in [1.165, 1.54) is 4.90 Å². The van der Waals surface area contributed by atoms with Crippen molar-refractivity contribution >= 4 is 33.8 Å². The van der Waals surface area contributed by atoms with E-state index in [-0.39, 0.29) is 6.09 Å². The first-order valence-electron chi connectivity index (χ1n) is 7.09. The molecule has 0 unspecified atom stereocenters. The summed E-state index contributed by atoms with van der Waals surface area (Å²) in [7, 11) is 0. The number of hydrogen-bond donors (Lipinski definition) is 0. The maximum absolute atomic E-state index is 12.3. The summed E-state index contributed by atoms with van der Waals surface area (Å²) >= 11 is 5.27. The van der Waals surface area contributed by atoms with Crippen molar-refractivity contribution in [2.24, 2.45) is 0 Å². The van der Waals surface area contributed by atoms with Gasteiger partial charge in [-0.2, -0.15) is 0 Å². The molecular formula is C17H16BrNO2S. The third-order valence-electron chi connectivity index (χ3n) is 3.47. The lowest BCUT2D eigenvalue weighted by Gasteiger charge is -2.20. The molecule has 0 saturated carbocycles. The van der Waals surface area contributed by atoms with Gasteiger partial charge >= 0.3 is 6.09 Å². The van der Waals surface area contributed by atoms with Gasteiger partial charge in [0.05, 0.1) is 6.54 Å². The third kappa shape index (κ3) is 3.84. The largest absolute Gasteiger partial charge is 0.445 e. The van der Waals surface area contributed by atoms with Crippen molar-refractivity contribution in [3.8, 4) is 0 Å². The minimum absolute atomic E-state index is 0.253. The maximum atomic E-state index is 12.3. The lowest BCUT2D eigenvalue weighted by molar-refractivity contribution is 0.0961. The number of amides is 1. The molecule has 0 aromatic heterocycles. The van der Waals surface area contributed by atoms with Crippen LogP contribution in [0.2, 0.25) is 0 Å². The van der Waals surface area contributed by atoms with Crippen LogP contribution in [-0.2, 0) is 17.9 Å². The van der Waals surface area contributed by atoms with E-state index < -0.39 is 0 Å². The van der Waals surface area contributed by atoms with Crippen LogP contribution in [0.5, 0.6) is 0 Å². The lowest BCUT2D eigenvalue weighted by atomic mass is 10.2. The Bertz CT molecular complexity index is 663. The minimum atomic E-state index is -0.253. The molecule has 1 heterocycles. The molecule has 2 aromatic rings. The Morgan fingerprint density at radius 2 is 2.05 bits per heavy atom. The van der Waals surface area contributed by atoms with E-state index in [4.69, 9.17) is 4.74 Å². The van der Waals surface area contributed by atoms with Crippen molar-refractivity contribution in [2.75, 3.05) is 12.3 Å². The second-order valence-electron chi connectivity index (χ2n) is 5.06. The summed E-state index contributed by atoms with van der Waals surface area (Å²) in [6, 6.07) is 16.0. The Balaban J connectivity index is 1.65. The van der Waals surface area contributed by atoms with Gasteiger partial charge in [0.2, 0.25) is 0 Å². The molecule has 0 bridgehead atoms. The van der Waals surface area contributed by atoms with Crippen molar-refractivity contribution in [2.45, 2.75) is 18.0 Å². The molecule has 2 aromatic carbocycles. The third-order valence-corrected chi connectivity index (χ3v) is 5.06. The summed E-state index contributed by atoms with van der Waals surface area (Å²) in [5.41, 5.74) is 2.16. The van der Waals surface area contributed by atoms with Gasteiger partial charge in [-0.25, -0.2) is 4.79 Å². The fourth-order valence-corrected chi connectivity index (χ4v) is 3.74. The van der Waals surface area contributed by atoms with Crippen LogP contribution in [0.25, 0.3) is 0 Å². The molecule has 1 aliphatic rings. The molecule has 22 heavy (non-hydrogen) atoms. The van der Waals surface area contributed by atoms with Crippen LogP contribution in [0, 0.1) is 0 Å². The highest BCUT2D eigenvalue weighted by Gasteiger charge is 2.20. The molecule has 5 heteroatoms. The molecule has 114 valence electrons. The molecule has 0 spiro atoms. The first-order valence-corrected chi connectivity index (χ1v) is 8.87. The Hall–Kier alpha value is -1.46. The number of thioether (sulfide) groups is 1. The molecule has 0 fully saturated rings. The molecule has 3 nitrogen and oxygen atoms in total. The number of fused-ring (bicyclic) bond motifs is 1. The smallest absolute Gasteiger partial charge is 0.410 e. The second kappa shape index (κ2) is 7.20. The van der Waals surface area contributed by atoms with E-state index in [0.29, 0.717) is 19.7 Å². The molecular weight excluding hydrogens is 362 g/mol. The Morgan fingerprint density at radius 3 is 2.86 bits per heavy atom. The van der Waals surface area contributed by atoms with Crippen LogP contribution in [0.15, 0.2) is 57.9 Å². The van der Waals surface area contributed by atoms with Crippen LogP contribution in [-0.4, -0.2) is 23.3 Å². The number of halogens is 1. The number of rotatable bonds is 2. The average Bonchev–Trinajstić information content (AvgIpc) is 2.75. The Morgan fingerprint density at radius 1 is 1.23 bits per heavy atom. The summed E-state index contributed by atoms with van der Waals surface area (Å²) in [6.07, 6.45) is -0.253. The number of nitrogens with zero attached hydrogens (tertiary/aromatic N) is 1. The van der Waals surface area contributed by atoms with Crippen LogP contribution in [0.1, 0.15) is 11.1 Å². The van der Waals surface area contributed by atoms with Gasteiger partial charge in [0.25, 0.3) is 0 Å². The monoisotopic (exact) mass is 377 g/mol. The van der Waals surface area contributed by atoms with Crippen LogP contribution in [0.3, 0.4) is 0 Å². The summed E-state index contributed by atoms with van der Waals surface area (Å²) < 4.78 is 6.47. The molecule has 0 N–H and O–H groups in total. The first kappa shape index (κ1) is 15.4. The molecule has 0 saturated heterocycles. The maximum Gasteiger partial charge on any atom is 0.410 e. The van der Waals surface area contributed by atoms with Gasteiger partial charge < -0.3 is 9.64 Å². The van der Waals surface area contributed by atoms with Crippen molar-refractivity contribution in [3.05, 3.63) is 64.1 Å². The summed E-state index contributed by atoms with van der Waals surface area (Å²) in [6.45, 7) is 1.61. The molecule has 1 aliphatic heterocycles. The highest BCUT2D eigenvalue weighted by atomic mass is 79.9. The fraction of sp³-hybridized carbons (Fsp3) is 0.235. The van der Waals surface area contributed by atoms with Gasteiger partial charge in [0, 0.05) is 21.7 Å². The first-order chi connectivity index (χ1) is 10.7. The average molecular weight is 378 g/mol. The van der Waals surface area contributed by atoms with Crippen molar-refractivity contribution < 1.29 is 9.53 Å². The highest BCUT2D eigenvalue weighted by molar-refractivity contribution is 9.10. The Labute approximate surface area is 142 Å². The van der Waals surface area contributed by atoms with E-state index in [1.54, 1.807) is 16.7 Å². The highest BCUT2D eigenvalue weighted by Crippen LogP contribution is 2.30. The number of ether oxygens (including phenoxy) is 1. The van der Waals surface area contributed by atoms with Gasteiger partial charge in [-0.15, -0.1) is 11.8 Å². The van der Waals surface area contributed by atoms with E-state index >= 15 is 0 Å². The standard InChI is InChI=1S/C17H16BrNO2S/c18-15-6-7-16-14(10-15)11-19(8-9-22-16)17(20)21-12-13-4-2-1-3-5-13/h1-7,10H,8-9,11-12H2. The normalized spacial score (nSPS) is 14.1. The van der Waals surface area contributed by atoms with Crippen molar-refractivity contribution in [3.63, 3.8) is 0 Å². The van der Waals surface area contributed by atoms with Crippen LogP contribution < -0.4 is 0 Å². The van der Waals surface area contributed by atoms with Gasteiger partial charge in [-0.05, 0) is 29.3 Å². The molecule has 1 amide bonds. The van der Waals surface area contributed by atoms with Gasteiger partial charge in [0.1, 0.15) is 6.61 Å². The quantitative estimate of drug-likeness (QED) is 0.759. The number of hydrogen-bond acceptors (Lipinski definition) is 3. The predicted molar refractivity (Wildman–Crippen MR) is 91.9 cm³/mol. The number of carbonyl (C=O) groups is 1. The zero-order chi connectivity index (χ0) is 15.4. The zero-order valence-electron chi connectivity index (χ0n) is 12.0. The predicted octanol–water partition coefficient (Wildman–Crippen LogP) is 4.69. The van der Waals surface area contributed by atoms with Gasteiger partial charge in [-0.3, -0.25) is 0 Å². The number of benzene rings is 2. The van der Waals surface area contributed by atoms with Crippen molar-refractivity contribution in [1.82, 2.24) is 4.90 Å². The van der Waals surface area contributed by atoms with Crippen LogP contribution in [0.4, 0.5) is 4.79 Å². The van der Waals surface area contributed by atoms with E-state index in [2.05, 4.69) is 28.1 Å². The molecule has 0 aliphatic carbocycles. The lowest BCUT2D eigenvalue weighted by Crippen LogP contribution is -2.32. The van der Waals surface area contributed by atoms with Gasteiger partial charge in [-0.1, -0.05) is 46.3 Å². The Kier molecular flexibility index (Phi) is 5.05. The summed E-state index contributed by atoms with van der Waals surface area (Å²) in [4.78, 5) is 15.3. The molecule has 0 radical (unpaired) electrons. The summed E-state index contributed by atoms with van der Waals surface area (Å²) in [5, 5.41) is 0. The SMILES string of the molecule is O=C(OCc1ccccc1)N1CCSc2ccc(Br)cc2C1. The second-order valence-corrected chi connectivity index (χ2v) is 7.11. The summed E-state index contributed by atoms with van der Waals surface area (Å²) in [5.74, 6) is 0.884. The number of carbonyl (C=O) groups excluding carboxylic acids is 1. The topological polar surface area (TPSA) is 29.5 Å². The van der Waals surface area contributed by atoms with Crippen molar-refractivity contribution in [1.29, 1.82) is 0 Å². The molecule has 3 rings (SSSR count). The molecule has 0 atom stereocenters. The van der Waals surface area contributed by atoms with Gasteiger partial charge in [0.15, 0.2) is 0 Å². The van der Waals surface area contributed by atoms with E-state index in [9.17, 15) is 4.79 Å².